The highest BCUT2D eigenvalue weighted by Crippen LogP contribution is 2.43. The van der Waals surface area contributed by atoms with Gasteiger partial charge < -0.3 is 9.84 Å². The number of carbonyl (C=O) groups excluding carboxylic acids is 2. The highest BCUT2D eigenvalue weighted by molar-refractivity contribution is 6.51. The fraction of sp³-hybridized carbons (Fsp3) is 0.185. The lowest BCUT2D eigenvalue weighted by molar-refractivity contribution is -0.132. The molecule has 0 aromatic heterocycles. The number of amides is 1. The van der Waals surface area contributed by atoms with E-state index in [0.29, 0.717) is 34.2 Å². The number of benzene rings is 3. The standard InChI is InChI=1S/C27H24ClNO4/c1-4-33-22-10-5-7-18(14-22)24-23(25(30)19-12-11-16(2)17(3)13-19)26(31)27(32)29(24)21-9-6-8-20(28)15-21/h5-15,24,30H,4H2,1-3H3/b25-23+. The summed E-state index contributed by atoms with van der Waals surface area (Å²) in [6, 6.07) is 18.5. The van der Waals surface area contributed by atoms with Crippen molar-refractivity contribution in [3.05, 3.63) is 99.6 Å². The fourth-order valence-corrected chi connectivity index (χ4v) is 4.21. The minimum Gasteiger partial charge on any atom is -0.507 e. The molecule has 1 amide bonds. The number of ether oxygens (including phenoxy) is 1. The van der Waals surface area contributed by atoms with Gasteiger partial charge in [0.25, 0.3) is 11.7 Å². The van der Waals surface area contributed by atoms with Crippen molar-refractivity contribution < 1.29 is 19.4 Å². The minimum atomic E-state index is -0.842. The number of nitrogens with zero attached hydrogens (tertiary/aromatic N) is 1. The van der Waals surface area contributed by atoms with E-state index in [1.54, 1.807) is 42.5 Å². The number of ketones is 1. The van der Waals surface area contributed by atoms with E-state index in [0.717, 1.165) is 11.1 Å². The second kappa shape index (κ2) is 9.12. The number of aliphatic hydroxyl groups is 1. The summed E-state index contributed by atoms with van der Waals surface area (Å²) in [4.78, 5) is 27.9. The molecule has 0 spiro atoms. The van der Waals surface area contributed by atoms with Crippen molar-refractivity contribution >= 4 is 34.7 Å². The van der Waals surface area contributed by atoms with Crippen molar-refractivity contribution in [3.63, 3.8) is 0 Å². The summed E-state index contributed by atoms with van der Waals surface area (Å²) in [5.41, 5.74) is 3.65. The number of rotatable bonds is 5. The van der Waals surface area contributed by atoms with Gasteiger partial charge in [-0.15, -0.1) is 0 Å². The van der Waals surface area contributed by atoms with E-state index in [1.165, 1.54) is 4.90 Å². The Labute approximate surface area is 197 Å². The van der Waals surface area contributed by atoms with Crippen LogP contribution in [0.5, 0.6) is 5.75 Å². The van der Waals surface area contributed by atoms with E-state index in [4.69, 9.17) is 16.3 Å². The zero-order valence-electron chi connectivity index (χ0n) is 18.6. The lowest BCUT2D eigenvalue weighted by Crippen LogP contribution is -2.29. The molecule has 1 saturated heterocycles. The fourth-order valence-electron chi connectivity index (χ4n) is 4.03. The third-order valence-corrected chi connectivity index (χ3v) is 6.03. The largest absolute Gasteiger partial charge is 0.507 e. The van der Waals surface area contributed by atoms with Crippen molar-refractivity contribution in [1.82, 2.24) is 0 Å². The monoisotopic (exact) mass is 461 g/mol. The molecule has 3 aromatic rings. The van der Waals surface area contributed by atoms with Gasteiger partial charge in [-0.1, -0.05) is 41.9 Å². The van der Waals surface area contributed by atoms with Gasteiger partial charge in [0, 0.05) is 16.3 Å². The maximum atomic E-state index is 13.3. The van der Waals surface area contributed by atoms with Crippen LogP contribution >= 0.6 is 11.6 Å². The summed E-state index contributed by atoms with van der Waals surface area (Å²) in [6.45, 7) is 6.25. The van der Waals surface area contributed by atoms with Crippen molar-refractivity contribution in [2.75, 3.05) is 11.5 Å². The first-order valence-electron chi connectivity index (χ1n) is 10.7. The molecule has 6 heteroatoms. The topological polar surface area (TPSA) is 66.8 Å². The van der Waals surface area contributed by atoms with E-state index in [-0.39, 0.29) is 11.3 Å². The zero-order valence-corrected chi connectivity index (χ0v) is 19.4. The van der Waals surface area contributed by atoms with Crippen molar-refractivity contribution in [2.24, 2.45) is 0 Å². The Morgan fingerprint density at radius 1 is 1.00 bits per heavy atom. The molecular formula is C27H24ClNO4. The van der Waals surface area contributed by atoms with Gasteiger partial charge in [0.1, 0.15) is 11.5 Å². The van der Waals surface area contributed by atoms with E-state index < -0.39 is 17.7 Å². The normalized spacial score (nSPS) is 17.5. The van der Waals surface area contributed by atoms with Crippen LogP contribution in [0.3, 0.4) is 0 Å². The number of Topliss-reactive ketones (excluding diaryl/α,β-unsaturated/α-hetero) is 1. The third kappa shape index (κ3) is 4.24. The predicted octanol–water partition coefficient (Wildman–Crippen LogP) is 5.98. The van der Waals surface area contributed by atoms with Crippen LogP contribution in [-0.2, 0) is 9.59 Å². The lowest BCUT2D eigenvalue weighted by Gasteiger charge is -2.26. The molecular weight excluding hydrogens is 438 g/mol. The first-order chi connectivity index (χ1) is 15.8. The Balaban J connectivity index is 1.96. The Hall–Kier alpha value is -3.57. The average molecular weight is 462 g/mol. The van der Waals surface area contributed by atoms with E-state index in [9.17, 15) is 14.7 Å². The molecule has 1 aliphatic rings. The van der Waals surface area contributed by atoms with Gasteiger partial charge in [-0.3, -0.25) is 14.5 Å². The molecule has 0 radical (unpaired) electrons. The van der Waals surface area contributed by atoms with Gasteiger partial charge in [-0.2, -0.15) is 0 Å². The van der Waals surface area contributed by atoms with Crippen LogP contribution in [0.15, 0.2) is 72.3 Å². The SMILES string of the molecule is CCOc1cccc(C2/C(=C(\O)c3ccc(C)c(C)c3)C(=O)C(=O)N2c2cccc(Cl)c2)c1. The van der Waals surface area contributed by atoms with Crippen LogP contribution in [0, 0.1) is 13.8 Å². The molecule has 1 atom stereocenters. The first kappa shape index (κ1) is 22.6. The molecule has 168 valence electrons. The van der Waals surface area contributed by atoms with Crippen LogP contribution in [0.25, 0.3) is 5.76 Å². The lowest BCUT2D eigenvalue weighted by atomic mass is 9.94. The average Bonchev–Trinajstić information content (AvgIpc) is 3.06. The summed E-state index contributed by atoms with van der Waals surface area (Å²) in [5, 5.41) is 11.7. The highest BCUT2D eigenvalue weighted by atomic mass is 35.5. The molecule has 0 bridgehead atoms. The quantitative estimate of drug-likeness (QED) is 0.288. The highest BCUT2D eigenvalue weighted by Gasteiger charge is 2.47. The van der Waals surface area contributed by atoms with E-state index in [1.807, 2.05) is 45.0 Å². The maximum Gasteiger partial charge on any atom is 0.300 e. The van der Waals surface area contributed by atoms with Gasteiger partial charge in [0.15, 0.2) is 0 Å². The van der Waals surface area contributed by atoms with Crippen molar-refractivity contribution in [3.8, 4) is 5.75 Å². The number of carbonyl (C=O) groups is 2. The van der Waals surface area contributed by atoms with Crippen LogP contribution in [-0.4, -0.2) is 23.4 Å². The molecule has 1 fully saturated rings. The summed E-state index contributed by atoms with van der Waals surface area (Å²) in [7, 11) is 0. The van der Waals surface area contributed by atoms with E-state index in [2.05, 4.69) is 0 Å². The number of hydrogen-bond acceptors (Lipinski definition) is 4. The molecule has 1 aliphatic heterocycles. The van der Waals surface area contributed by atoms with Gasteiger partial charge in [-0.05, 0) is 73.9 Å². The number of anilines is 1. The van der Waals surface area contributed by atoms with Gasteiger partial charge >= 0.3 is 0 Å². The van der Waals surface area contributed by atoms with Crippen LogP contribution < -0.4 is 9.64 Å². The Bertz CT molecular complexity index is 1280. The summed E-state index contributed by atoms with van der Waals surface area (Å²) in [6.07, 6.45) is 0. The summed E-state index contributed by atoms with van der Waals surface area (Å²) < 4.78 is 5.64. The van der Waals surface area contributed by atoms with Crippen LogP contribution in [0.2, 0.25) is 5.02 Å². The molecule has 5 nitrogen and oxygen atoms in total. The van der Waals surface area contributed by atoms with Crippen LogP contribution in [0.1, 0.15) is 35.2 Å². The second-order valence-corrected chi connectivity index (χ2v) is 8.39. The third-order valence-electron chi connectivity index (χ3n) is 5.80. The van der Waals surface area contributed by atoms with Gasteiger partial charge in [0.05, 0.1) is 18.2 Å². The van der Waals surface area contributed by atoms with Crippen molar-refractivity contribution in [1.29, 1.82) is 0 Å². The number of halogens is 1. The van der Waals surface area contributed by atoms with E-state index >= 15 is 0 Å². The van der Waals surface area contributed by atoms with Crippen molar-refractivity contribution in [2.45, 2.75) is 26.8 Å². The molecule has 33 heavy (non-hydrogen) atoms. The minimum absolute atomic E-state index is 0.0249. The van der Waals surface area contributed by atoms with Crippen LogP contribution in [0.4, 0.5) is 5.69 Å². The first-order valence-corrected chi connectivity index (χ1v) is 11.1. The number of aryl methyl sites for hydroxylation is 2. The Kier molecular flexibility index (Phi) is 6.25. The summed E-state index contributed by atoms with van der Waals surface area (Å²) >= 11 is 6.19. The molecule has 1 N–H and O–H groups in total. The second-order valence-electron chi connectivity index (χ2n) is 7.95. The molecule has 1 heterocycles. The molecule has 3 aromatic carbocycles. The number of aliphatic hydroxyl groups excluding tert-OH is 1. The molecule has 0 aliphatic carbocycles. The number of hydrogen-bond donors (Lipinski definition) is 1. The molecule has 0 saturated carbocycles. The van der Waals surface area contributed by atoms with Gasteiger partial charge in [-0.25, -0.2) is 0 Å². The zero-order chi connectivity index (χ0) is 23.7. The Morgan fingerprint density at radius 2 is 1.76 bits per heavy atom. The molecule has 1 unspecified atom stereocenters. The predicted molar refractivity (Wildman–Crippen MR) is 130 cm³/mol. The van der Waals surface area contributed by atoms with Gasteiger partial charge in [0.2, 0.25) is 0 Å². The Morgan fingerprint density at radius 3 is 2.45 bits per heavy atom. The summed E-state index contributed by atoms with van der Waals surface area (Å²) in [5.74, 6) is -1.09. The maximum absolute atomic E-state index is 13.3. The molecule has 4 rings (SSSR count). The smallest absolute Gasteiger partial charge is 0.300 e.